The monoisotopic (exact) mass is 208 g/mol. The van der Waals surface area contributed by atoms with Crippen molar-refractivity contribution < 1.29 is 4.79 Å². The number of carbonyl (C=O) groups is 1. The van der Waals surface area contributed by atoms with Gasteiger partial charge in [0.05, 0.1) is 0 Å². The van der Waals surface area contributed by atoms with Gasteiger partial charge in [-0.05, 0) is 49.9 Å². The minimum Gasteiger partial charge on any atom is -0.303 e. The summed E-state index contributed by atoms with van der Waals surface area (Å²) in [5, 5.41) is 0. The summed E-state index contributed by atoms with van der Waals surface area (Å²) in [5.41, 5.74) is 0.0866. The van der Waals surface area contributed by atoms with Crippen molar-refractivity contribution in [3.63, 3.8) is 0 Å². The third kappa shape index (κ3) is 1.86. The molecule has 0 aromatic heterocycles. The van der Waals surface area contributed by atoms with Crippen LogP contribution in [0.4, 0.5) is 0 Å². The summed E-state index contributed by atoms with van der Waals surface area (Å²) in [7, 11) is 0. The Hall–Kier alpha value is -0.330. The van der Waals surface area contributed by atoms with Crippen LogP contribution in [0.1, 0.15) is 58.8 Å². The molecule has 0 heterocycles. The third-order valence-electron chi connectivity index (χ3n) is 5.03. The van der Waals surface area contributed by atoms with Crippen LogP contribution < -0.4 is 0 Å². The van der Waals surface area contributed by atoms with Gasteiger partial charge in [-0.2, -0.15) is 0 Å². The second-order valence-corrected chi connectivity index (χ2v) is 5.90. The number of hydrogen-bond donors (Lipinski definition) is 0. The van der Waals surface area contributed by atoms with E-state index in [1.165, 1.54) is 51.2 Å². The zero-order valence-electron chi connectivity index (χ0n) is 10.2. The highest BCUT2D eigenvalue weighted by atomic mass is 16.1. The van der Waals surface area contributed by atoms with Crippen molar-refractivity contribution in [3.05, 3.63) is 0 Å². The van der Waals surface area contributed by atoms with Crippen LogP contribution in [0.3, 0.4) is 0 Å². The molecule has 2 atom stereocenters. The topological polar surface area (TPSA) is 17.1 Å². The second-order valence-electron chi connectivity index (χ2n) is 5.90. The Kier molecular flexibility index (Phi) is 3.18. The molecule has 0 saturated heterocycles. The van der Waals surface area contributed by atoms with Crippen molar-refractivity contribution in [1.82, 2.24) is 0 Å². The van der Waals surface area contributed by atoms with Gasteiger partial charge in [0.1, 0.15) is 6.29 Å². The predicted octanol–water partition coefficient (Wildman–Crippen LogP) is 3.82. The molecule has 0 amide bonds. The first-order valence-electron chi connectivity index (χ1n) is 6.68. The molecule has 1 heteroatoms. The van der Waals surface area contributed by atoms with Crippen LogP contribution in [0.5, 0.6) is 0 Å². The minimum absolute atomic E-state index is 0.0866. The van der Waals surface area contributed by atoms with Gasteiger partial charge >= 0.3 is 0 Å². The summed E-state index contributed by atoms with van der Waals surface area (Å²) in [4.78, 5) is 11.5. The third-order valence-corrected chi connectivity index (χ3v) is 5.03. The maximum Gasteiger partial charge on any atom is 0.126 e. The molecular formula is C14H24O. The quantitative estimate of drug-likeness (QED) is 0.642. The van der Waals surface area contributed by atoms with Crippen LogP contribution in [0, 0.1) is 23.2 Å². The molecule has 0 N–H and O–H groups in total. The van der Waals surface area contributed by atoms with E-state index in [-0.39, 0.29) is 5.41 Å². The molecule has 3 fully saturated rings. The van der Waals surface area contributed by atoms with Crippen LogP contribution >= 0.6 is 0 Å². The number of hydrogen-bond acceptors (Lipinski definition) is 1. The lowest BCUT2D eigenvalue weighted by molar-refractivity contribution is -0.130. The number of rotatable bonds is 4. The van der Waals surface area contributed by atoms with Crippen molar-refractivity contribution in [1.29, 1.82) is 0 Å². The molecule has 2 unspecified atom stereocenters. The van der Waals surface area contributed by atoms with E-state index in [0.29, 0.717) is 5.92 Å². The van der Waals surface area contributed by atoms with Crippen LogP contribution in [0.25, 0.3) is 0 Å². The van der Waals surface area contributed by atoms with Crippen LogP contribution in [0.2, 0.25) is 0 Å². The highest BCUT2D eigenvalue weighted by Gasteiger charge is 2.49. The molecule has 3 aliphatic carbocycles. The first kappa shape index (κ1) is 11.2. The number of carbonyl (C=O) groups excluding carboxylic acids is 1. The number of fused-ring (bicyclic) bond motifs is 3. The van der Waals surface area contributed by atoms with E-state index in [1.807, 2.05) is 0 Å². The van der Waals surface area contributed by atoms with E-state index < -0.39 is 0 Å². The van der Waals surface area contributed by atoms with E-state index in [9.17, 15) is 4.79 Å². The maximum atomic E-state index is 11.5. The van der Waals surface area contributed by atoms with Gasteiger partial charge < -0.3 is 4.79 Å². The lowest BCUT2D eigenvalue weighted by Gasteiger charge is -2.51. The Morgan fingerprint density at radius 3 is 2.60 bits per heavy atom. The van der Waals surface area contributed by atoms with E-state index in [0.717, 1.165) is 11.8 Å². The Morgan fingerprint density at radius 2 is 2.07 bits per heavy atom. The molecule has 3 rings (SSSR count). The highest BCUT2D eigenvalue weighted by Crippen LogP contribution is 2.55. The molecule has 0 radical (unpaired) electrons. The average Bonchev–Trinajstić information content (AvgIpc) is 2.30. The van der Waals surface area contributed by atoms with Crippen molar-refractivity contribution in [3.8, 4) is 0 Å². The first-order chi connectivity index (χ1) is 7.22. The molecule has 0 aliphatic heterocycles. The average molecular weight is 208 g/mol. The zero-order valence-corrected chi connectivity index (χ0v) is 10.2. The standard InChI is InChI=1S/C14H24O/c1-3-4-11(2)13-9-12-5-7-14(13,10-15)8-6-12/h10-13H,3-9H2,1-2H3. The fourth-order valence-electron chi connectivity index (χ4n) is 4.08. The largest absolute Gasteiger partial charge is 0.303 e. The van der Waals surface area contributed by atoms with Crippen LogP contribution in [-0.2, 0) is 4.79 Å². The van der Waals surface area contributed by atoms with Crippen LogP contribution in [0.15, 0.2) is 0 Å². The molecule has 3 aliphatic rings. The SMILES string of the molecule is CCCC(C)C1CC2CCC1(C=O)CC2. The summed E-state index contributed by atoms with van der Waals surface area (Å²) in [6.07, 6.45) is 10.2. The predicted molar refractivity (Wildman–Crippen MR) is 62.6 cm³/mol. The van der Waals surface area contributed by atoms with E-state index in [1.54, 1.807) is 0 Å². The molecular weight excluding hydrogens is 184 g/mol. The van der Waals surface area contributed by atoms with Crippen molar-refractivity contribution in [2.75, 3.05) is 0 Å². The molecule has 1 nitrogen and oxygen atoms in total. The molecule has 0 aromatic rings. The second kappa shape index (κ2) is 4.27. The van der Waals surface area contributed by atoms with Crippen molar-refractivity contribution in [2.24, 2.45) is 23.2 Å². The zero-order chi connectivity index (χ0) is 10.9. The van der Waals surface area contributed by atoms with Gasteiger partial charge in [0.2, 0.25) is 0 Å². The van der Waals surface area contributed by atoms with Gasteiger partial charge in [-0.1, -0.05) is 26.7 Å². The van der Waals surface area contributed by atoms with Crippen molar-refractivity contribution >= 4 is 6.29 Å². The molecule has 0 spiro atoms. The summed E-state index contributed by atoms with van der Waals surface area (Å²) in [6.45, 7) is 4.62. The fraction of sp³-hybridized carbons (Fsp3) is 0.929. The van der Waals surface area contributed by atoms with E-state index in [4.69, 9.17) is 0 Å². The van der Waals surface area contributed by atoms with Gasteiger partial charge in [0, 0.05) is 5.41 Å². The number of aldehydes is 1. The first-order valence-corrected chi connectivity index (χ1v) is 6.68. The fourth-order valence-corrected chi connectivity index (χ4v) is 4.08. The smallest absolute Gasteiger partial charge is 0.126 e. The maximum absolute atomic E-state index is 11.5. The van der Waals surface area contributed by atoms with Crippen LogP contribution in [-0.4, -0.2) is 6.29 Å². The van der Waals surface area contributed by atoms with Gasteiger partial charge in [0.15, 0.2) is 0 Å². The van der Waals surface area contributed by atoms with Gasteiger partial charge in [-0.15, -0.1) is 0 Å². The Balaban J connectivity index is 2.12. The van der Waals surface area contributed by atoms with Crippen molar-refractivity contribution in [2.45, 2.75) is 58.8 Å². The normalized spacial score (nSPS) is 41.5. The lowest BCUT2D eigenvalue weighted by Crippen LogP contribution is -2.45. The summed E-state index contributed by atoms with van der Waals surface area (Å²) in [6, 6.07) is 0. The van der Waals surface area contributed by atoms with Gasteiger partial charge in [0.25, 0.3) is 0 Å². The van der Waals surface area contributed by atoms with Gasteiger partial charge in [-0.3, -0.25) is 0 Å². The molecule has 0 aromatic carbocycles. The van der Waals surface area contributed by atoms with Gasteiger partial charge in [-0.25, -0.2) is 0 Å². The van der Waals surface area contributed by atoms with E-state index in [2.05, 4.69) is 13.8 Å². The molecule has 3 saturated carbocycles. The minimum atomic E-state index is 0.0866. The Labute approximate surface area is 93.6 Å². The van der Waals surface area contributed by atoms with E-state index >= 15 is 0 Å². The summed E-state index contributed by atoms with van der Waals surface area (Å²) >= 11 is 0. The molecule has 86 valence electrons. The lowest BCUT2D eigenvalue weighted by atomic mass is 9.52. The summed E-state index contributed by atoms with van der Waals surface area (Å²) in [5.74, 6) is 2.39. The highest BCUT2D eigenvalue weighted by molar-refractivity contribution is 5.61. The molecule has 2 bridgehead atoms. The Morgan fingerprint density at radius 1 is 1.40 bits per heavy atom. The Bertz CT molecular complexity index is 225. The molecule has 15 heavy (non-hydrogen) atoms. The summed E-state index contributed by atoms with van der Waals surface area (Å²) < 4.78 is 0.